The van der Waals surface area contributed by atoms with Crippen molar-refractivity contribution < 1.29 is 5.11 Å². The van der Waals surface area contributed by atoms with Gasteiger partial charge in [0.05, 0.1) is 0 Å². The molecule has 6 heteroatoms. The lowest BCUT2D eigenvalue weighted by Gasteiger charge is -2.44. The van der Waals surface area contributed by atoms with Crippen molar-refractivity contribution in [2.75, 3.05) is 12.3 Å². The quantitative estimate of drug-likeness (QED) is 0.501. The van der Waals surface area contributed by atoms with Gasteiger partial charge in [-0.1, -0.05) is 23.9 Å². The van der Waals surface area contributed by atoms with Gasteiger partial charge in [0.2, 0.25) is 0 Å². The van der Waals surface area contributed by atoms with Crippen molar-refractivity contribution in [3.8, 4) is 5.75 Å². The summed E-state index contributed by atoms with van der Waals surface area (Å²) in [6.45, 7) is 2.89. The van der Waals surface area contributed by atoms with Crippen LogP contribution in [0.15, 0.2) is 35.6 Å². The molecule has 2 heterocycles. The number of aromatic nitrogens is 2. The van der Waals surface area contributed by atoms with Crippen LogP contribution < -0.4 is 0 Å². The van der Waals surface area contributed by atoms with E-state index in [-0.39, 0.29) is 0 Å². The van der Waals surface area contributed by atoms with Crippen LogP contribution >= 0.6 is 23.5 Å². The summed E-state index contributed by atoms with van der Waals surface area (Å²) >= 11 is 8.34. The minimum Gasteiger partial charge on any atom is -0.508 e. The highest BCUT2D eigenvalue weighted by molar-refractivity contribution is 7.99. The van der Waals surface area contributed by atoms with Crippen molar-refractivity contribution >= 4 is 23.5 Å². The number of rotatable bonds is 3. The monoisotopic (exact) mass is 375 g/mol. The summed E-state index contributed by atoms with van der Waals surface area (Å²) in [6, 6.07) is 8.13. The molecule has 132 valence electrons. The molecular weight excluding hydrogens is 354 g/mol. The highest BCUT2D eigenvalue weighted by atomic mass is 35.5. The van der Waals surface area contributed by atoms with E-state index in [0.717, 1.165) is 48.0 Å². The molecular formula is C19H22ClN3OS. The average molecular weight is 376 g/mol. The number of thioether (sulfide) groups is 1. The topological polar surface area (TPSA) is 49.3 Å². The fourth-order valence-electron chi connectivity index (χ4n) is 4.10. The maximum absolute atomic E-state index is 10.2. The molecule has 1 aliphatic carbocycles. The molecule has 1 aromatic carbocycles. The molecule has 3 atom stereocenters. The van der Waals surface area contributed by atoms with Crippen molar-refractivity contribution in [1.82, 2.24) is 14.4 Å². The van der Waals surface area contributed by atoms with Gasteiger partial charge in [0.15, 0.2) is 5.16 Å². The summed E-state index contributed by atoms with van der Waals surface area (Å²) in [5.41, 5.74) is 3.36. The first-order valence-electron chi connectivity index (χ1n) is 8.74. The molecule has 4 rings (SSSR count). The molecule has 0 spiro atoms. The minimum absolute atomic E-state index is 0.368. The van der Waals surface area contributed by atoms with E-state index < -0.39 is 0 Å². The predicted octanol–water partition coefficient (Wildman–Crippen LogP) is 3.84. The second-order valence-electron chi connectivity index (χ2n) is 7.13. The van der Waals surface area contributed by atoms with Crippen LogP contribution in [0, 0.1) is 18.8 Å². The second-order valence-corrected chi connectivity index (χ2v) is 8.55. The minimum atomic E-state index is 0.368. The van der Waals surface area contributed by atoms with E-state index >= 15 is 0 Å². The molecule has 4 nitrogen and oxygen atoms in total. The summed E-state index contributed by atoms with van der Waals surface area (Å²) in [5, 5.41) is 11.0. The summed E-state index contributed by atoms with van der Waals surface area (Å²) in [5.74, 6) is 2.42. The highest BCUT2D eigenvalue weighted by Crippen LogP contribution is 2.41. The van der Waals surface area contributed by atoms with Gasteiger partial charge in [-0.25, -0.2) is 14.4 Å². The molecule has 0 unspecified atom stereocenters. The Morgan fingerprint density at radius 1 is 1.32 bits per heavy atom. The van der Waals surface area contributed by atoms with E-state index in [4.69, 9.17) is 11.8 Å². The van der Waals surface area contributed by atoms with E-state index in [9.17, 15) is 5.11 Å². The van der Waals surface area contributed by atoms with Gasteiger partial charge < -0.3 is 5.11 Å². The number of benzene rings is 1. The van der Waals surface area contributed by atoms with Crippen LogP contribution in [0.1, 0.15) is 23.2 Å². The second kappa shape index (κ2) is 7.14. The molecule has 0 amide bonds. The highest BCUT2D eigenvalue weighted by Gasteiger charge is 2.39. The van der Waals surface area contributed by atoms with Crippen molar-refractivity contribution in [2.45, 2.75) is 37.4 Å². The van der Waals surface area contributed by atoms with Crippen LogP contribution in [0.5, 0.6) is 5.75 Å². The Labute approximate surface area is 157 Å². The molecule has 0 saturated carbocycles. The van der Waals surface area contributed by atoms with Crippen molar-refractivity contribution in [3.05, 3.63) is 47.3 Å². The summed E-state index contributed by atoms with van der Waals surface area (Å²) in [7, 11) is 0. The first kappa shape index (κ1) is 17.1. The number of phenolic OH excluding ortho intramolecular Hbond substituents is 1. The lowest BCUT2D eigenvalue weighted by Crippen LogP contribution is -2.48. The number of halogens is 1. The van der Waals surface area contributed by atoms with Gasteiger partial charge in [-0.15, -0.1) is 0 Å². The number of fused-ring (bicyclic) bond motifs is 2. The maximum Gasteiger partial charge on any atom is 0.187 e. The van der Waals surface area contributed by atoms with Crippen LogP contribution in [-0.4, -0.2) is 37.8 Å². The number of nitrogens with zero attached hydrogens (tertiary/aromatic N) is 3. The van der Waals surface area contributed by atoms with Gasteiger partial charge in [-0.05, 0) is 73.1 Å². The van der Waals surface area contributed by atoms with Crippen LogP contribution in [-0.2, 0) is 12.8 Å². The molecule has 1 fully saturated rings. The van der Waals surface area contributed by atoms with Gasteiger partial charge in [-0.2, -0.15) is 0 Å². The number of aromatic hydroxyl groups is 1. The molecule has 1 saturated heterocycles. The Balaban J connectivity index is 1.44. The van der Waals surface area contributed by atoms with Crippen LogP contribution in [0.4, 0.5) is 0 Å². The molecule has 1 N–H and O–H groups in total. The van der Waals surface area contributed by atoms with Gasteiger partial charge in [0.1, 0.15) is 5.75 Å². The van der Waals surface area contributed by atoms with Gasteiger partial charge in [0.25, 0.3) is 0 Å². The molecule has 1 aliphatic heterocycles. The Morgan fingerprint density at radius 3 is 3.04 bits per heavy atom. The lowest BCUT2D eigenvalue weighted by molar-refractivity contribution is 0.130. The molecule has 2 aromatic rings. The number of phenols is 1. The third kappa shape index (κ3) is 3.64. The fraction of sp³-hybridized carbons (Fsp3) is 0.474. The average Bonchev–Trinajstić information content (AvgIpc) is 2.60. The molecule has 0 bridgehead atoms. The van der Waals surface area contributed by atoms with Crippen LogP contribution in [0.2, 0.25) is 0 Å². The summed E-state index contributed by atoms with van der Waals surface area (Å²) < 4.78 is 2.00. The Morgan fingerprint density at radius 2 is 2.20 bits per heavy atom. The third-order valence-corrected chi connectivity index (χ3v) is 6.82. The first-order chi connectivity index (χ1) is 12.1. The standard InChI is InChI=1S/C19H22ClN3OS/c1-12-5-6-21-19(22-12)25-11-13-7-15-8-16-14(3-2-4-18(16)24)9-17(15)23(20)10-13/h2-6,13,15,17,24H,7-11H2,1H3/t13-,15-,17-/m1/s1. The lowest BCUT2D eigenvalue weighted by atomic mass is 9.73. The van der Waals surface area contributed by atoms with E-state index in [1.807, 2.05) is 29.7 Å². The van der Waals surface area contributed by atoms with Gasteiger partial charge in [-0.3, -0.25) is 0 Å². The van der Waals surface area contributed by atoms with E-state index in [1.165, 1.54) is 5.56 Å². The molecule has 2 aliphatic rings. The molecule has 0 radical (unpaired) electrons. The van der Waals surface area contributed by atoms with E-state index in [0.29, 0.717) is 23.6 Å². The third-order valence-electron chi connectivity index (χ3n) is 5.34. The van der Waals surface area contributed by atoms with E-state index in [1.54, 1.807) is 17.8 Å². The molecule has 25 heavy (non-hydrogen) atoms. The van der Waals surface area contributed by atoms with Crippen molar-refractivity contribution in [3.63, 3.8) is 0 Å². The Bertz CT molecular complexity index is 772. The Kier molecular flexibility index (Phi) is 4.89. The number of aryl methyl sites for hydroxylation is 1. The summed E-state index contributed by atoms with van der Waals surface area (Å²) in [6.07, 6.45) is 4.80. The van der Waals surface area contributed by atoms with Gasteiger partial charge in [0, 0.05) is 30.2 Å². The normalized spacial score (nSPS) is 26.1. The first-order valence-corrected chi connectivity index (χ1v) is 10.1. The maximum atomic E-state index is 10.2. The van der Waals surface area contributed by atoms with Crippen molar-refractivity contribution in [1.29, 1.82) is 0 Å². The molecule has 1 aromatic heterocycles. The largest absolute Gasteiger partial charge is 0.508 e. The van der Waals surface area contributed by atoms with Crippen LogP contribution in [0.25, 0.3) is 0 Å². The van der Waals surface area contributed by atoms with Gasteiger partial charge >= 0.3 is 0 Å². The SMILES string of the molecule is Cc1ccnc(SC[C@@H]2C[C@@H]3Cc4c(O)cccc4C[C@H]3N(Cl)C2)n1. The Hall–Kier alpha value is -1.30. The van der Waals surface area contributed by atoms with E-state index in [2.05, 4.69) is 16.0 Å². The predicted molar refractivity (Wildman–Crippen MR) is 101 cm³/mol. The number of piperidine rings is 1. The fourth-order valence-corrected chi connectivity index (χ4v) is 5.49. The summed E-state index contributed by atoms with van der Waals surface area (Å²) in [4.78, 5) is 8.81. The zero-order chi connectivity index (χ0) is 17.4. The van der Waals surface area contributed by atoms with Crippen molar-refractivity contribution in [2.24, 2.45) is 11.8 Å². The zero-order valence-corrected chi connectivity index (χ0v) is 15.8. The smallest absolute Gasteiger partial charge is 0.187 e. The zero-order valence-electron chi connectivity index (χ0n) is 14.2. The number of hydrogen-bond acceptors (Lipinski definition) is 5. The number of hydrogen-bond donors (Lipinski definition) is 1. The van der Waals surface area contributed by atoms with Crippen LogP contribution in [0.3, 0.4) is 0 Å².